The van der Waals surface area contributed by atoms with E-state index in [0.29, 0.717) is 0 Å². The van der Waals surface area contributed by atoms with Crippen molar-refractivity contribution in [2.75, 3.05) is 13.1 Å². The van der Waals surface area contributed by atoms with E-state index in [1.807, 2.05) is 42.2 Å². The SMILES string of the molecule is CC1=NOC2(CCN(C(=O)c3ccccc3)CC2)C1. The summed E-state index contributed by atoms with van der Waals surface area (Å²) >= 11 is 0. The molecule has 19 heavy (non-hydrogen) atoms. The summed E-state index contributed by atoms with van der Waals surface area (Å²) in [6.07, 6.45) is 2.64. The summed E-state index contributed by atoms with van der Waals surface area (Å²) < 4.78 is 0. The van der Waals surface area contributed by atoms with Crippen molar-refractivity contribution in [2.45, 2.75) is 31.8 Å². The molecular formula is C15H18N2O2. The molecule has 0 saturated carbocycles. The standard InChI is InChI=1S/C15H18N2O2/c1-12-11-15(19-16-12)7-9-17(10-8-15)14(18)13-5-3-2-4-6-13/h2-6H,7-11H2,1H3. The van der Waals surface area contributed by atoms with Crippen LogP contribution in [-0.2, 0) is 4.84 Å². The Bertz CT molecular complexity index is 502. The Morgan fingerprint density at radius 1 is 1.26 bits per heavy atom. The first-order valence-corrected chi connectivity index (χ1v) is 6.75. The van der Waals surface area contributed by atoms with Gasteiger partial charge in [0.15, 0.2) is 0 Å². The molecule has 0 unspecified atom stereocenters. The first kappa shape index (κ1) is 12.2. The normalized spacial score (nSPS) is 21.1. The number of rotatable bonds is 1. The van der Waals surface area contributed by atoms with Crippen LogP contribution in [0.5, 0.6) is 0 Å². The molecule has 0 bridgehead atoms. The lowest BCUT2D eigenvalue weighted by Gasteiger charge is -2.37. The highest BCUT2D eigenvalue weighted by Crippen LogP contribution is 2.34. The van der Waals surface area contributed by atoms with E-state index < -0.39 is 0 Å². The average Bonchev–Trinajstić information content (AvgIpc) is 2.81. The van der Waals surface area contributed by atoms with Crippen molar-refractivity contribution < 1.29 is 9.63 Å². The Morgan fingerprint density at radius 3 is 2.53 bits per heavy atom. The third-order valence-corrected chi connectivity index (χ3v) is 3.96. The highest BCUT2D eigenvalue weighted by atomic mass is 16.7. The van der Waals surface area contributed by atoms with Crippen LogP contribution in [0.25, 0.3) is 0 Å². The van der Waals surface area contributed by atoms with Crippen LogP contribution < -0.4 is 0 Å². The lowest BCUT2D eigenvalue weighted by molar-refractivity contribution is -0.0568. The van der Waals surface area contributed by atoms with Gasteiger partial charge in [-0.15, -0.1) is 0 Å². The van der Waals surface area contributed by atoms with Crippen LogP contribution in [-0.4, -0.2) is 35.2 Å². The number of piperidine rings is 1. The maximum Gasteiger partial charge on any atom is 0.253 e. The van der Waals surface area contributed by atoms with Gasteiger partial charge in [0.2, 0.25) is 0 Å². The van der Waals surface area contributed by atoms with Crippen LogP contribution in [0.1, 0.15) is 36.5 Å². The number of hydrogen-bond donors (Lipinski definition) is 0. The molecule has 1 amide bonds. The molecule has 3 rings (SSSR count). The summed E-state index contributed by atoms with van der Waals surface area (Å²) in [5, 5.41) is 4.05. The van der Waals surface area contributed by atoms with Crippen LogP contribution >= 0.6 is 0 Å². The van der Waals surface area contributed by atoms with Crippen LogP contribution in [0.2, 0.25) is 0 Å². The second-order valence-corrected chi connectivity index (χ2v) is 5.44. The highest BCUT2D eigenvalue weighted by molar-refractivity contribution is 5.94. The lowest BCUT2D eigenvalue weighted by Crippen LogP contribution is -2.46. The third kappa shape index (κ3) is 2.35. The number of carbonyl (C=O) groups is 1. The van der Waals surface area contributed by atoms with Crippen molar-refractivity contribution in [3.05, 3.63) is 35.9 Å². The van der Waals surface area contributed by atoms with Crippen molar-refractivity contribution in [3.63, 3.8) is 0 Å². The summed E-state index contributed by atoms with van der Waals surface area (Å²) in [5.74, 6) is 0.117. The second kappa shape index (κ2) is 4.68. The Balaban J connectivity index is 1.63. The van der Waals surface area contributed by atoms with Gasteiger partial charge in [0.1, 0.15) is 5.60 Å². The maximum absolute atomic E-state index is 12.3. The third-order valence-electron chi connectivity index (χ3n) is 3.96. The van der Waals surface area contributed by atoms with E-state index in [1.54, 1.807) is 0 Å². The maximum atomic E-state index is 12.3. The fourth-order valence-electron chi connectivity index (χ4n) is 2.85. The molecular weight excluding hydrogens is 240 g/mol. The number of hydrogen-bond acceptors (Lipinski definition) is 3. The smallest absolute Gasteiger partial charge is 0.253 e. The number of carbonyl (C=O) groups excluding carboxylic acids is 1. The zero-order valence-corrected chi connectivity index (χ0v) is 11.1. The zero-order chi connectivity index (χ0) is 13.3. The van der Waals surface area contributed by atoms with Crippen LogP contribution in [0.15, 0.2) is 35.5 Å². The summed E-state index contributed by atoms with van der Waals surface area (Å²) in [5.41, 5.74) is 1.68. The Labute approximate surface area is 113 Å². The van der Waals surface area contributed by atoms with Gasteiger partial charge in [-0.1, -0.05) is 23.4 Å². The molecule has 1 saturated heterocycles. The molecule has 0 aliphatic carbocycles. The molecule has 1 spiro atoms. The van der Waals surface area contributed by atoms with Gasteiger partial charge < -0.3 is 9.74 Å². The molecule has 1 aromatic carbocycles. The van der Waals surface area contributed by atoms with Gasteiger partial charge in [0.25, 0.3) is 5.91 Å². The minimum absolute atomic E-state index is 0.117. The quantitative estimate of drug-likeness (QED) is 0.776. The van der Waals surface area contributed by atoms with E-state index >= 15 is 0 Å². The minimum atomic E-state index is -0.141. The summed E-state index contributed by atoms with van der Waals surface area (Å²) in [6, 6.07) is 9.46. The number of nitrogens with zero attached hydrogens (tertiary/aromatic N) is 2. The minimum Gasteiger partial charge on any atom is -0.389 e. The predicted octanol–water partition coefficient (Wildman–Crippen LogP) is 2.46. The van der Waals surface area contributed by atoms with Crippen LogP contribution in [0.3, 0.4) is 0 Å². The number of likely N-dealkylation sites (tertiary alicyclic amines) is 1. The predicted molar refractivity (Wildman–Crippen MR) is 73.1 cm³/mol. The molecule has 4 heteroatoms. The summed E-state index contributed by atoms with van der Waals surface area (Å²) in [7, 11) is 0. The lowest BCUT2D eigenvalue weighted by atomic mass is 9.87. The largest absolute Gasteiger partial charge is 0.389 e. The molecule has 0 N–H and O–H groups in total. The monoisotopic (exact) mass is 258 g/mol. The second-order valence-electron chi connectivity index (χ2n) is 5.44. The van der Waals surface area contributed by atoms with E-state index in [0.717, 1.165) is 43.6 Å². The van der Waals surface area contributed by atoms with E-state index in [9.17, 15) is 4.79 Å². The molecule has 1 aromatic rings. The van der Waals surface area contributed by atoms with Crippen LogP contribution in [0.4, 0.5) is 0 Å². The van der Waals surface area contributed by atoms with Gasteiger partial charge in [0, 0.05) is 37.9 Å². The van der Waals surface area contributed by atoms with E-state index in [1.165, 1.54) is 0 Å². The van der Waals surface area contributed by atoms with Gasteiger partial charge >= 0.3 is 0 Å². The topological polar surface area (TPSA) is 41.9 Å². The zero-order valence-electron chi connectivity index (χ0n) is 11.1. The molecule has 0 aromatic heterocycles. The molecule has 2 heterocycles. The summed E-state index contributed by atoms with van der Waals surface area (Å²) in [6.45, 7) is 3.49. The summed E-state index contributed by atoms with van der Waals surface area (Å²) in [4.78, 5) is 19.8. The first-order valence-electron chi connectivity index (χ1n) is 6.75. The van der Waals surface area contributed by atoms with Gasteiger partial charge in [-0.25, -0.2) is 0 Å². The number of benzene rings is 1. The van der Waals surface area contributed by atoms with Crippen molar-refractivity contribution in [3.8, 4) is 0 Å². The van der Waals surface area contributed by atoms with Crippen LogP contribution in [0, 0.1) is 0 Å². The number of amides is 1. The first-order chi connectivity index (χ1) is 9.19. The molecule has 2 aliphatic heterocycles. The molecule has 4 nitrogen and oxygen atoms in total. The van der Waals surface area contributed by atoms with Gasteiger partial charge in [-0.2, -0.15) is 0 Å². The van der Waals surface area contributed by atoms with E-state index in [4.69, 9.17) is 4.84 Å². The van der Waals surface area contributed by atoms with Crippen molar-refractivity contribution in [1.29, 1.82) is 0 Å². The Kier molecular flexibility index (Phi) is 3.01. The molecule has 1 fully saturated rings. The van der Waals surface area contributed by atoms with E-state index in [-0.39, 0.29) is 11.5 Å². The van der Waals surface area contributed by atoms with Gasteiger partial charge in [-0.05, 0) is 19.1 Å². The Hall–Kier alpha value is -1.84. The fraction of sp³-hybridized carbons (Fsp3) is 0.467. The molecule has 2 aliphatic rings. The van der Waals surface area contributed by atoms with Crippen molar-refractivity contribution >= 4 is 11.6 Å². The Morgan fingerprint density at radius 2 is 1.95 bits per heavy atom. The molecule has 0 radical (unpaired) electrons. The van der Waals surface area contributed by atoms with E-state index in [2.05, 4.69) is 5.16 Å². The van der Waals surface area contributed by atoms with Crippen molar-refractivity contribution in [2.24, 2.45) is 5.16 Å². The molecule has 0 atom stereocenters. The van der Waals surface area contributed by atoms with Gasteiger partial charge in [-0.3, -0.25) is 4.79 Å². The van der Waals surface area contributed by atoms with Gasteiger partial charge in [0.05, 0.1) is 5.71 Å². The molecule has 100 valence electrons. The highest BCUT2D eigenvalue weighted by Gasteiger charge is 2.41. The van der Waals surface area contributed by atoms with Crippen molar-refractivity contribution in [1.82, 2.24) is 4.90 Å². The number of oxime groups is 1. The average molecular weight is 258 g/mol. The fourth-order valence-corrected chi connectivity index (χ4v) is 2.85.